The van der Waals surface area contributed by atoms with Crippen LogP contribution in [0.2, 0.25) is 0 Å². The van der Waals surface area contributed by atoms with Crippen LogP contribution in [0.4, 0.5) is 0 Å². The zero-order valence-corrected chi connectivity index (χ0v) is 12.5. The van der Waals surface area contributed by atoms with Crippen LogP contribution in [0.25, 0.3) is 0 Å². The molecule has 2 heteroatoms. The molecule has 2 fully saturated rings. The Morgan fingerprint density at radius 1 is 1.00 bits per heavy atom. The van der Waals surface area contributed by atoms with E-state index in [2.05, 4.69) is 24.1 Å². The van der Waals surface area contributed by atoms with Gasteiger partial charge in [-0.1, -0.05) is 33.1 Å². The van der Waals surface area contributed by atoms with Gasteiger partial charge in [-0.25, -0.2) is 0 Å². The van der Waals surface area contributed by atoms with Crippen molar-refractivity contribution in [3.63, 3.8) is 0 Å². The molecule has 0 radical (unpaired) electrons. The van der Waals surface area contributed by atoms with Gasteiger partial charge in [-0.15, -0.1) is 0 Å². The third-order valence-corrected chi connectivity index (χ3v) is 4.96. The number of piperidine rings is 1. The predicted molar refractivity (Wildman–Crippen MR) is 79.0 cm³/mol. The van der Waals surface area contributed by atoms with Gasteiger partial charge < -0.3 is 5.32 Å². The van der Waals surface area contributed by atoms with Gasteiger partial charge in [0.2, 0.25) is 0 Å². The summed E-state index contributed by atoms with van der Waals surface area (Å²) in [5.74, 6) is 0. The van der Waals surface area contributed by atoms with E-state index < -0.39 is 0 Å². The highest BCUT2D eigenvalue weighted by Crippen LogP contribution is 2.30. The summed E-state index contributed by atoms with van der Waals surface area (Å²) in [6.45, 7) is 7.21. The van der Waals surface area contributed by atoms with Crippen LogP contribution in [0.15, 0.2) is 0 Å². The molecule has 1 heterocycles. The molecule has 0 amide bonds. The molecule has 1 saturated carbocycles. The Bertz CT molecular complexity index is 229. The monoisotopic (exact) mass is 252 g/mol. The number of likely N-dealkylation sites (tertiary alicyclic amines) is 1. The van der Waals surface area contributed by atoms with E-state index in [-0.39, 0.29) is 0 Å². The fraction of sp³-hybridized carbons (Fsp3) is 1.00. The van der Waals surface area contributed by atoms with E-state index in [0.29, 0.717) is 0 Å². The first-order valence-corrected chi connectivity index (χ1v) is 8.36. The Balaban J connectivity index is 1.97. The summed E-state index contributed by atoms with van der Waals surface area (Å²) in [7, 11) is 0. The Labute approximate surface area is 114 Å². The molecule has 0 aromatic heterocycles. The average Bonchev–Trinajstić information content (AvgIpc) is 2.45. The van der Waals surface area contributed by atoms with Crippen molar-refractivity contribution in [1.29, 1.82) is 0 Å². The van der Waals surface area contributed by atoms with E-state index in [1.807, 2.05) is 0 Å². The smallest absolute Gasteiger partial charge is 0.0252 e. The van der Waals surface area contributed by atoms with Crippen LogP contribution < -0.4 is 5.32 Å². The second-order valence-corrected chi connectivity index (χ2v) is 6.21. The summed E-state index contributed by atoms with van der Waals surface area (Å²) in [5.41, 5.74) is 0. The molecule has 1 aliphatic carbocycles. The van der Waals surface area contributed by atoms with Gasteiger partial charge in [0.25, 0.3) is 0 Å². The van der Waals surface area contributed by atoms with Crippen LogP contribution in [-0.2, 0) is 0 Å². The quantitative estimate of drug-likeness (QED) is 0.805. The summed E-state index contributed by atoms with van der Waals surface area (Å²) in [6, 6.07) is 2.47. The lowest BCUT2D eigenvalue weighted by molar-refractivity contribution is 0.0501. The summed E-state index contributed by atoms with van der Waals surface area (Å²) in [4.78, 5) is 2.87. The molecule has 18 heavy (non-hydrogen) atoms. The fourth-order valence-corrected chi connectivity index (χ4v) is 3.97. The summed E-state index contributed by atoms with van der Waals surface area (Å²) in [6.07, 6.45) is 12.6. The minimum Gasteiger partial charge on any atom is -0.312 e. The van der Waals surface area contributed by atoms with Gasteiger partial charge in [-0.3, -0.25) is 4.90 Å². The lowest BCUT2D eigenvalue weighted by Gasteiger charge is -2.46. The van der Waals surface area contributed by atoms with Crippen molar-refractivity contribution in [2.45, 2.75) is 89.8 Å². The zero-order valence-electron chi connectivity index (χ0n) is 12.5. The minimum atomic E-state index is 0.769. The Hall–Kier alpha value is -0.0800. The highest BCUT2D eigenvalue weighted by atomic mass is 15.2. The molecule has 0 aromatic rings. The van der Waals surface area contributed by atoms with Crippen molar-refractivity contribution in [2.75, 3.05) is 13.1 Å². The number of nitrogens with one attached hydrogen (secondary N) is 1. The lowest BCUT2D eigenvalue weighted by atomic mass is 9.86. The van der Waals surface area contributed by atoms with Gasteiger partial charge in [-0.05, 0) is 51.6 Å². The third-order valence-electron chi connectivity index (χ3n) is 4.96. The Morgan fingerprint density at radius 2 is 1.78 bits per heavy atom. The fourth-order valence-electron chi connectivity index (χ4n) is 3.97. The SMILES string of the molecule is CCCNC1CCCCC1N1CCCCC1CC. The van der Waals surface area contributed by atoms with Crippen LogP contribution in [0.1, 0.15) is 71.6 Å². The maximum Gasteiger partial charge on any atom is 0.0252 e. The van der Waals surface area contributed by atoms with Crippen molar-refractivity contribution in [3.8, 4) is 0 Å². The van der Waals surface area contributed by atoms with E-state index in [0.717, 1.165) is 18.1 Å². The normalized spacial score (nSPS) is 34.7. The molecular formula is C16H32N2. The van der Waals surface area contributed by atoms with Gasteiger partial charge in [0, 0.05) is 18.1 Å². The Kier molecular flexibility index (Phi) is 5.97. The van der Waals surface area contributed by atoms with Gasteiger partial charge in [0.05, 0.1) is 0 Å². The molecule has 0 spiro atoms. The zero-order chi connectivity index (χ0) is 12.8. The van der Waals surface area contributed by atoms with E-state index in [9.17, 15) is 0 Å². The molecule has 2 aliphatic rings. The molecule has 1 aliphatic heterocycles. The van der Waals surface area contributed by atoms with Gasteiger partial charge in [0.1, 0.15) is 0 Å². The summed E-state index contributed by atoms with van der Waals surface area (Å²) in [5, 5.41) is 3.82. The van der Waals surface area contributed by atoms with Crippen molar-refractivity contribution < 1.29 is 0 Å². The van der Waals surface area contributed by atoms with Crippen molar-refractivity contribution in [1.82, 2.24) is 10.2 Å². The molecule has 2 rings (SSSR count). The first-order valence-electron chi connectivity index (χ1n) is 8.36. The average molecular weight is 252 g/mol. The summed E-state index contributed by atoms with van der Waals surface area (Å²) >= 11 is 0. The van der Waals surface area contributed by atoms with Gasteiger partial charge >= 0.3 is 0 Å². The second kappa shape index (κ2) is 7.49. The number of nitrogens with zero attached hydrogens (tertiary/aromatic N) is 1. The van der Waals surface area contributed by atoms with Gasteiger partial charge in [-0.2, -0.15) is 0 Å². The largest absolute Gasteiger partial charge is 0.312 e. The van der Waals surface area contributed by atoms with Crippen molar-refractivity contribution in [3.05, 3.63) is 0 Å². The Morgan fingerprint density at radius 3 is 2.56 bits per heavy atom. The first-order chi connectivity index (χ1) is 8.86. The maximum absolute atomic E-state index is 3.82. The number of rotatable bonds is 5. The number of hydrogen-bond donors (Lipinski definition) is 1. The topological polar surface area (TPSA) is 15.3 Å². The molecular weight excluding hydrogens is 220 g/mol. The maximum atomic E-state index is 3.82. The van der Waals surface area contributed by atoms with Crippen molar-refractivity contribution >= 4 is 0 Å². The van der Waals surface area contributed by atoms with Crippen LogP contribution in [-0.4, -0.2) is 36.1 Å². The van der Waals surface area contributed by atoms with E-state index in [4.69, 9.17) is 0 Å². The molecule has 3 unspecified atom stereocenters. The van der Waals surface area contributed by atoms with E-state index in [1.165, 1.54) is 70.9 Å². The van der Waals surface area contributed by atoms with Crippen LogP contribution >= 0.6 is 0 Å². The molecule has 3 atom stereocenters. The van der Waals surface area contributed by atoms with E-state index in [1.54, 1.807) is 0 Å². The molecule has 106 valence electrons. The van der Waals surface area contributed by atoms with Crippen molar-refractivity contribution in [2.24, 2.45) is 0 Å². The van der Waals surface area contributed by atoms with E-state index >= 15 is 0 Å². The molecule has 2 nitrogen and oxygen atoms in total. The van der Waals surface area contributed by atoms with Gasteiger partial charge in [0.15, 0.2) is 0 Å². The highest BCUT2D eigenvalue weighted by molar-refractivity contribution is 4.92. The molecule has 0 bridgehead atoms. The second-order valence-electron chi connectivity index (χ2n) is 6.21. The van der Waals surface area contributed by atoms with Crippen LogP contribution in [0.3, 0.4) is 0 Å². The lowest BCUT2D eigenvalue weighted by Crippen LogP contribution is -2.56. The predicted octanol–water partition coefficient (Wildman–Crippen LogP) is 3.56. The summed E-state index contributed by atoms with van der Waals surface area (Å²) < 4.78 is 0. The molecule has 1 N–H and O–H groups in total. The third kappa shape index (κ3) is 3.48. The molecule has 1 saturated heterocycles. The first kappa shape index (κ1) is 14.3. The highest BCUT2D eigenvalue weighted by Gasteiger charge is 2.34. The number of hydrogen-bond acceptors (Lipinski definition) is 2. The van der Waals surface area contributed by atoms with Crippen LogP contribution in [0, 0.1) is 0 Å². The van der Waals surface area contributed by atoms with Crippen LogP contribution in [0.5, 0.6) is 0 Å². The minimum absolute atomic E-state index is 0.769. The standard InChI is InChI=1S/C16H32N2/c1-3-12-17-15-10-5-6-11-16(15)18-13-8-7-9-14(18)4-2/h14-17H,3-13H2,1-2H3. The molecule has 0 aromatic carbocycles.